The molecule has 0 radical (unpaired) electrons. The van der Waals surface area contributed by atoms with E-state index in [1.807, 2.05) is 6.92 Å². The molecular formula is C24H27F3N2O3. The average Bonchev–Trinajstić information content (AvgIpc) is 3.24. The summed E-state index contributed by atoms with van der Waals surface area (Å²) in [5, 5.41) is 2.87. The number of hydrogen-bond donors (Lipinski definition) is 1. The van der Waals surface area contributed by atoms with Crippen LogP contribution in [0.25, 0.3) is 0 Å². The van der Waals surface area contributed by atoms with Gasteiger partial charge in [-0.1, -0.05) is 37.6 Å². The van der Waals surface area contributed by atoms with Crippen molar-refractivity contribution in [3.63, 3.8) is 0 Å². The van der Waals surface area contributed by atoms with Crippen LogP contribution in [0.5, 0.6) is 5.75 Å². The molecule has 8 heteroatoms. The first-order valence-electron chi connectivity index (χ1n) is 10.6. The summed E-state index contributed by atoms with van der Waals surface area (Å²) in [6.45, 7) is 2.78. The first-order chi connectivity index (χ1) is 15.2. The summed E-state index contributed by atoms with van der Waals surface area (Å²) in [5.41, 5.74) is 0.0355. The molecule has 0 aromatic heterocycles. The zero-order valence-corrected chi connectivity index (χ0v) is 18.1. The lowest BCUT2D eigenvalue weighted by Gasteiger charge is -2.19. The van der Waals surface area contributed by atoms with Crippen molar-refractivity contribution in [3.8, 4) is 5.75 Å². The lowest BCUT2D eigenvalue weighted by molar-refractivity contribution is -0.137. The molecule has 1 N–H and O–H groups in total. The third kappa shape index (κ3) is 5.41. The number of benzene rings is 2. The smallest absolute Gasteiger partial charge is 0.416 e. The second kappa shape index (κ2) is 10.1. The summed E-state index contributed by atoms with van der Waals surface area (Å²) < 4.78 is 45.0. The van der Waals surface area contributed by atoms with Crippen LogP contribution in [0.4, 0.5) is 13.2 Å². The molecule has 3 rings (SSSR count). The maximum Gasteiger partial charge on any atom is 0.416 e. The van der Waals surface area contributed by atoms with Gasteiger partial charge in [-0.2, -0.15) is 13.2 Å². The quantitative estimate of drug-likeness (QED) is 0.635. The summed E-state index contributed by atoms with van der Waals surface area (Å²) in [6, 6.07) is 11.7. The van der Waals surface area contributed by atoms with E-state index in [9.17, 15) is 22.8 Å². The number of carbonyl (C=O) groups is 2. The van der Waals surface area contributed by atoms with E-state index in [0.29, 0.717) is 23.4 Å². The van der Waals surface area contributed by atoms with Crippen molar-refractivity contribution in [1.82, 2.24) is 10.2 Å². The van der Waals surface area contributed by atoms with Gasteiger partial charge in [-0.25, -0.2) is 0 Å². The lowest BCUT2D eigenvalue weighted by Crippen LogP contribution is -2.36. The number of alkyl halides is 3. The molecule has 0 bridgehead atoms. The molecular weight excluding hydrogens is 421 g/mol. The zero-order valence-electron chi connectivity index (χ0n) is 18.1. The first-order valence-corrected chi connectivity index (χ1v) is 10.6. The van der Waals surface area contributed by atoms with Crippen LogP contribution in [0.1, 0.15) is 47.2 Å². The number of unbranched alkanes of at least 4 members (excludes halogenated alkanes) is 1. The van der Waals surface area contributed by atoms with Gasteiger partial charge in [-0.3, -0.25) is 9.59 Å². The Bertz CT molecular complexity index is 962. The fourth-order valence-electron chi connectivity index (χ4n) is 3.98. The molecule has 0 spiro atoms. The van der Waals surface area contributed by atoms with Crippen LogP contribution in [-0.2, 0) is 11.0 Å². The highest BCUT2D eigenvalue weighted by Crippen LogP contribution is 2.37. The van der Waals surface area contributed by atoms with E-state index in [4.69, 9.17) is 4.74 Å². The van der Waals surface area contributed by atoms with Crippen molar-refractivity contribution >= 4 is 11.8 Å². The fourth-order valence-corrected chi connectivity index (χ4v) is 3.98. The number of methoxy groups -OCH3 is 1. The van der Waals surface area contributed by atoms with Gasteiger partial charge in [0.15, 0.2) is 0 Å². The van der Waals surface area contributed by atoms with Gasteiger partial charge in [-0.05, 0) is 36.2 Å². The predicted octanol–water partition coefficient (Wildman–Crippen LogP) is 4.49. The minimum absolute atomic E-state index is 0.134. The Labute approximate surface area is 185 Å². The molecule has 1 aliphatic heterocycles. The Balaban J connectivity index is 1.89. The van der Waals surface area contributed by atoms with Crippen LogP contribution in [0.2, 0.25) is 0 Å². The number of nitrogens with zero attached hydrogens (tertiary/aromatic N) is 1. The van der Waals surface area contributed by atoms with Crippen LogP contribution >= 0.6 is 0 Å². The Morgan fingerprint density at radius 3 is 2.56 bits per heavy atom. The number of amides is 2. The molecule has 2 aromatic rings. The van der Waals surface area contributed by atoms with E-state index in [2.05, 4.69) is 5.32 Å². The van der Waals surface area contributed by atoms with Gasteiger partial charge in [0, 0.05) is 31.1 Å². The molecule has 1 fully saturated rings. The van der Waals surface area contributed by atoms with Gasteiger partial charge in [0.2, 0.25) is 5.91 Å². The number of rotatable bonds is 7. The van der Waals surface area contributed by atoms with Crippen molar-refractivity contribution in [1.29, 1.82) is 0 Å². The average molecular weight is 448 g/mol. The highest BCUT2D eigenvalue weighted by atomic mass is 19.4. The third-order valence-electron chi connectivity index (χ3n) is 5.73. The van der Waals surface area contributed by atoms with E-state index < -0.39 is 23.6 Å². The molecule has 5 nitrogen and oxygen atoms in total. The van der Waals surface area contributed by atoms with Crippen molar-refractivity contribution in [3.05, 3.63) is 65.2 Å². The van der Waals surface area contributed by atoms with Crippen molar-refractivity contribution in [2.24, 2.45) is 5.92 Å². The minimum Gasteiger partial charge on any atom is -0.497 e. The first kappa shape index (κ1) is 23.6. The van der Waals surface area contributed by atoms with Gasteiger partial charge in [0.05, 0.1) is 18.6 Å². The topological polar surface area (TPSA) is 58.6 Å². The Morgan fingerprint density at radius 1 is 1.12 bits per heavy atom. The van der Waals surface area contributed by atoms with Crippen LogP contribution in [0.3, 0.4) is 0 Å². The number of likely N-dealkylation sites (tertiary alicyclic amines) is 1. The SMILES string of the molecule is CCCCNC(=O)[C@@H]1CN(C(=O)c2cccc(OC)c2)C[C@H]1c1cccc(C(F)(F)F)c1. The van der Waals surface area contributed by atoms with Crippen LogP contribution in [0, 0.1) is 5.92 Å². The van der Waals surface area contributed by atoms with Gasteiger partial charge >= 0.3 is 6.18 Å². The monoisotopic (exact) mass is 448 g/mol. The van der Waals surface area contributed by atoms with E-state index in [1.54, 1.807) is 30.3 Å². The minimum atomic E-state index is -4.48. The summed E-state index contributed by atoms with van der Waals surface area (Å²) in [6.07, 6.45) is -2.77. The second-order valence-electron chi connectivity index (χ2n) is 7.92. The lowest BCUT2D eigenvalue weighted by atomic mass is 9.87. The van der Waals surface area contributed by atoms with E-state index in [0.717, 1.165) is 25.0 Å². The number of hydrogen-bond acceptors (Lipinski definition) is 3. The van der Waals surface area contributed by atoms with Gasteiger partial charge in [-0.15, -0.1) is 0 Å². The van der Waals surface area contributed by atoms with Crippen LogP contribution in [0.15, 0.2) is 48.5 Å². The number of ether oxygens (including phenoxy) is 1. The van der Waals surface area contributed by atoms with Crippen molar-refractivity contribution < 1.29 is 27.5 Å². The third-order valence-corrected chi connectivity index (χ3v) is 5.73. The molecule has 0 unspecified atom stereocenters. The normalized spacial score (nSPS) is 18.5. The number of halogens is 3. The predicted molar refractivity (Wildman–Crippen MR) is 114 cm³/mol. The summed E-state index contributed by atoms with van der Waals surface area (Å²) in [7, 11) is 1.50. The van der Waals surface area contributed by atoms with Gasteiger partial charge in [0.25, 0.3) is 5.91 Å². The molecule has 1 aliphatic rings. The Kier molecular flexibility index (Phi) is 7.43. The highest BCUT2D eigenvalue weighted by molar-refractivity contribution is 5.95. The van der Waals surface area contributed by atoms with Crippen LogP contribution in [-0.4, -0.2) is 43.5 Å². The van der Waals surface area contributed by atoms with Crippen LogP contribution < -0.4 is 10.1 Å². The molecule has 2 atom stereocenters. The van der Waals surface area contributed by atoms with E-state index in [-0.39, 0.29) is 24.9 Å². The maximum absolute atomic E-state index is 13.3. The molecule has 1 heterocycles. The fraction of sp³-hybridized carbons (Fsp3) is 0.417. The Hall–Kier alpha value is -3.03. The molecule has 0 saturated carbocycles. The molecule has 2 amide bonds. The molecule has 172 valence electrons. The Morgan fingerprint density at radius 2 is 1.88 bits per heavy atom. The van der Waals surface area contributed by atoms with Gasteiger partial charge < -0.3 is 15.0 Å². The van der Waals surface area contributed by atoms with Crippen molar-refractivity contribution in [2.75, 3.05) is 26.7 Å². The number of nitrogens with one attached hydrogen (secondary N) is 1. The summed E-state index contributed by atoms with van der Waals surface area (Å²) in [4.78, 5) is 27.5. The summed E-state index contributed by atoms with van der Waals surface area (Å²) in [5.74, 6) is -1.18. The molecule has 32 heavy (non-hydrogen) atoms. The standard InChI is InChI=1S/C24H27F3N2O3/c1-3-4-11-28-22(30)21-15-29(23(31)17-8-6-10-19(13-17)32-2)14-20(21)16-7-5-9-18(12-16)24(25,26)27/h5-10,12-13,20-21H,3-4,11,14-15H2,1-2H3,(H,28,30)/t20-,21+/m0/s1. The molecule has 2 aromatic carbocycles. The molecule has 0 aliphatic carbocycles. The van der Waals surface area contributed by atoms with E-state index in [1.165, 1.54) is 18.1 Å². The highest BCUT2D eigenvalue weighted by Gasteiger charge is 2.41. The largest absolute Gasteiger partial charge is 0.497 e. The second-order valence-corrected chi connectivity index (χ2v) is 7.92. The number of carbonyl (C=O) groups excluding carboxylic acids is 2. The maximum atomic E-state index is 13.3. The molecule has 1 saturated heterocycles. The zero-order chi connectivity index (χ0) is 23.3. The van der Waals surface area contributed by atoms with Crippen molar-refractivity contribution in [2.45, 2.75) is 31.9 Å². The van der Waals surface area contributed by atoms with Gasteiger partial charge in [0.1, 0.15) is 5.75 Å². The van der Waals surface area contributed by atoms with E-state index >= 15 is 0 Å². The summed E-state index contributed by atoms with van der Waals surface area (Å²) >= 11 is 0.